The maximum absolute atomic E-state index is 3.72. The Morgan fingerprint density at radius 2 is 2.16 bits per heavy atom. The van der Waals surface area contributed by atoms with Crippen LogP contribution in [0.4, 0.5) is 0 Å². The summed E-state index contributed by atoms with van der Waals surface area (Å²) in [5, 5.41) is 3.72. The zero-order chi connectivity index (χ0) is 13.8. The zero-order valence-electron chi connectivity index (χ0n) is 12.8. The van der Waals surface area contributed by atoms with Crippen molar-refractivity contribution in [3.63, 3.8) is 0 Å². The molecule has 0 aromatic carbocycles. The van der Waals surface area contributed by atoms with Gasteiger partial charge in [0.1, 0.15) is 0 Å². The van der Waals surface area contributed by atoms with Gasteiger partial charge in [-0.1, -0.05) is 13.8 Å². The summed E-state index contributed by atoms with van der Waals surface area (Å²) in [6, 6.07) is 5.78. The maximum Gasteiger partial charge on any atom is 0.0414 e. The summed E-state index contributed by atoms with van der Waals surface area (Å²) in [6.07, 6.45) is 2.55. The van der Waals surface area contributed by atoms with Crippen LogP contribution in [0.5, 0.6) is 0 Å². The highest BCUT2D eigenvalue weighted by atomic mass is 32.1. The number of nitrogens with zero attached hydrogens (tertiary/aromatic N) is 1. The van der Waals surface area contributed by atoms with E-state index in [-0.39, 0.29) is 0 Å². The van der Waals surface area contributed by atoms with Crippen LogP contribution < -0.4 is 5.32 Å². The van der Waals surface area contributed by atoms with E-state index in [0.717, 1.165) is 5.92 Å². The van der Waals surface area contributed by atoms with Gasteiger partial charge in [-0.15, -0.1) is 11.3 Å². The molecule has 1 fully saturated rings. The number of aryl methyl sites for hydroxylation is 1. The van der Waals surface area contributed by atoms with Crippen LogP contribution in [0.25, 0.3) is 0 Å². The first kappa shape index (κ1) is 15.0. The van der Waals surface area contributed by atoms with Gasteiger partial charge in [0.05, 0.1) is 0 Å². The van der Waals surface area contributed by atoms with Crippen molar-refractivity contribution in [1.29, 1.82) is 0 Å². The number of thiophene rings is 1. The Kier molecular flexibility index (Phi) is 5.43. The van der Waals surface area contributed by atoms with Crippen LogP contribution in [-0.4, -0.2) is 30.6 Å². The molecule has 1 aromatic rings. The summed E-state index contributed by atoms with van der Waals surface area (Å²) >= 11 is 1.95. The van der Waals surface area contributed by atoms with Crippen LogP contribution in [0.2, 0.25) is 0 Å². The molecule has 0 spiro atoms. The average Bonchev–Trinajstić information content (AvgIpc) is 2.64. The molecule has 1 saturated heterocycles. The quantitative estimate of drug-likeness (QED) is 0.902. The Morgan fingerprint density at radius 3 is 2.79 bits per heavy atom. The molecule has 0 aliphatic carbocycles. The highest BCUT2D eigenvalue weighted by molar-refractivity contribution is 7.12. The van der Waals surface area contributed by atoms with Gasteiger partial charge in [-0.3, -0.25) is 4.90 Å². The van der Waals surface area contributed by atoms with E-state index in [1.807, 2.05) is 11.3 Å². The van der Waals surface area contributed by atoms with Gasteiger partial charge in [-0.2, -0.15) is 0 Å². The third kappa shape index (κ3) is 4.30. The van der Waals surface area contributed by atoms with E-state index in [4.69, 9.17) is 0 Å². The molecule has 3 heteroatoms. The van der Waals surface area contributed by atoms with Gasteiger partial charge in [-0.05, 0) is 51.3 Å². The molecule has 1 aliphatic heterocycles. The fraction of sp³-hybridized carbons (Fsp3) is 0.750. The van der Waals surface area contributed by atoms with E-state index in [1.165, 1.54) is 42.2 Å². The highest BCUT2D eigenvalue weighted by Gasteiger charge is 2.23. The van der Waals surface area contributed by atoms with Crippen molar-refractivity contribution in [2.45, 2.75) is 52.6 Å². The predicted molar refractivity (Wildman–Crippen MR) is 84.9 cm³/mol. The molecule has 1 N–H and O–H groups in total. The smallest absolute Gasteiger partial charge is 0.0414 e. The van der Waals surface area contributed by atoms with Gasteiger partial charge >= 0.3 is 0 Å². The molecular weight excluding hydrogens is 252 g/mol. The van der Waals surface area contributed by atoms with Crippen molar-refractivity contribution < 1.29 is 0 Å². The molecule has 1 aliphatic rings. The first-order chi connectivity index (χ1) is 9.06. The van der Waals surface area contributed by atoms with Crippen molar-refractivity contribution in [2.24, 2.45) is 5.92 Å². The fourth-order valence-electron chi connectivity index (χ4n) is 2.96. The molecule has 0 bridgehead atoms. The van der Waals surface area contributed by atoms with E-state index in [1.54, 1.807) is 0 Å². The average molecular weight is 280 g/mol. The number of nitrogens with one attached hydrogen (secondary N) is 1. The molecule has 0 radical (unpaired) electrons. The van der Waals surface area contributed by atoms with Crippen molar-refractivity contribution >= 4 is 11.3 Å². The molecule has 1 aromatic heterocycles. The summed E-state index contributed by atoms with van der Waals surface area (Å²) in [5.74, 6) is 0.775. The molecule has 2 unspecified atom stereocenters. The predicted octanol–water partition coefficient (Wildman–Crippen LogP) is 3.83. The normalized spacial score (nSPS) is 23.5. The van der Waals surface area contributed by atoms with E-state index >= 15 is 0 Å². The molecule has 2 nitrogen and oxygen atoms in total. The van der Waals surface area contributed by atoms with Crippen molar-refractivity contribution in [3.05, 3.63) is 21.9 Å². The lowest BCUT2D eigenvalue weighted by atomic mass is 10.0. The topological polar surface area (TPSA) is 15.3 Å². The zero-order valence-corrected chi connectivity index (χ0v) is 13.6. The van der Waals surface area contributed by atoms with Gasteiger partial charge in [0.15, 0.2) is 0 Å². The largest absolute Gasteiger partial charge is 0.313 e. The van der Waals surface area contributed by atoms with E-state index < -0.39 is 0 Å². The summed E-state index contributed by atoms with van der Waals surface area (Å²) in [7, 11) is 0. The van der Waals surface area contributed by atoms with Crippen molar-refractivity contribution in [1.82, 2.24) is 10.2 Å². The summed E-state index contributed by atoms with van der Waals surface area (Å²) in [5.41, 5.74) is 0. The molecule has 0 saturated carbocycles. The lowest BCUT2D eigenvalue weighted by molar-refractivity contribution is 0.201. The van der Waals surface area contributed by atoms with E-state index in [2.05, 4.69) is 50.0 Å². The van der Waals surface area contributed by atoms with Crippen LogP contribution in [0.1, 0.15) is 49.4 Å². The minimum atomic E-state index is 0.563. The Labute approximate surface area is 122 Å². The Hall–Kier alpha value is -0.380. The Balaban J connectivity index is 2.01. The van der Waals surface area contributed by atoms with Crippen molar-refractivity contribution in [2.75, 3.05) is 19.6 Å². The number of hydrogen-bond donors (Lipinski definition) is 1. The molecule has 2 atom stereocenters. The minimum absolute atomic E-state index is 0.563. The Bertz CT molecular complexity index is 386. The van der Waals surface area contributed by atoms with Gasteiger partial charge in [0.25, 0.3) is 0 Å². The van der Waals surface area contributed by atoms with Gasteiger partial charge in [0.2, 0.25) is 0 Å². The van der Waals surface area contributed by atoms with Gasteiger partial charge in [0, 0.05) is 34.9 Å². The monoisotopic (exact) mass is 280 g/mol. The third-order valence-corrected chi connectivity index (χ3v) is 5.16. The van der Waals surface area contributed by atoms with E-state index in [9.17, 15) is 0 Å². The van der Waals surface area contributed by atoms with Gasteiger partial charge < -0.3 is 5.32 Å². The Morgan fingerprint density at radius 1 is 1.37 bits per heavy atom. The third-order valence-electron chi connectivity index (χ3n) is 3.99. The minimum Gasteiger partial charge on any atom is -0.313 e. The molecule has 19 heavy (non-hydrogen) atoms. The second kappa shape index (κ2) is 6.87. The molecule has 0 amide bonds. The van der Waals surface area contributed by atoms with Crippen LogP contribution in [0.3, 0.4) is 0 Å². The van der Waals surface area contributed by atoms with Crippen LogP contribution >= 0.6 is 11.3 Å². The molecule has 2 heterocycles. The van der Waals surface area contributed by atoms with Crippen LogP contribution in [0.15, 0.2) is 12.1 Å². The fourth-order valence-corrected chi connectivity index (χ4v) is 3.93. The molecular formula is C16H28N2S. The maximum atomic E-state index is 3.72. The standard InChI is InChI=1S/C16H28N2S/c1-12(2)10-15-11-18(9-5-8-17-15)14(4)16-7-6-13(3)19-16/h6-7,12,14-15,17H,5,8-11H2,1-4H3. The first-order valence-corrected chi connectivity index (χ1v) is 8.41. The van der Waals surface area contributed by atoms with Crippen molar-refractivity contribution in [3.8, 4) is 0 Å². The van der Waals surface area contributed by atoms with Crippen LogP contribution in [-0.2, 0) is 0 Å². The lowest BCUT2D eigenvalue weighted by Gasteiger charge is -2.30. The summed E-state index contributed by atoms with van der Waals surface area (Å²) in [4.78, 5) is 5.61. The van der Waals surface area contributed by atoms with Gasteiger partial charge in [-0.25, -0.2) is 0 Å². The van der Waals surface area contributed by atoms with Crippen LogP contribution in [0, 0.1) is 12.8 Å². The SMILES string of the molecule is Cc1ccc(C(C)N2CCCNC(CC(C)C)C2)s1. The lowest BCUT2D eigenvalue weighted by Crippen LogP contribution is -2.39. The first-order valence-electron chi connectivity index (χ1n) is 7.60. The molecule has 2 rings (SSSR count). The number of hydrogen-bond acceptors (Lipinski definition) is 3. The highest BCUT2D eigenvalue weighted by Crippen LogP contribution is 2.28. The molecule has 108 valence electrons. The second-order valence-electron chi connectivity index (χ2n) is 6.25. The summed E-state index contributed by atoms with van der Waals surface area (Å²) < 4.78 is 0. The number of rotatable bonds is 4. The van der Waals surface area contributed by atoms with E-state index in [0.29, 0.717) is 12.1 Å². The second-order valence-corrected chi connectivity index (χ2v) is 7.57. The summed E-state index contributed by atoms with van der Waals surface area (Å²) in [6.45, 7) is 12.8.